The molecule has 7 nitrogen and oxygen atoms in total. The number of pyridine rings is 1. The van der Waals surface area contributed by atoms with Gasteiger partial charge in [0.05, 0.1) is 25.0 Å². The first kappa shape index (κ1) is 13.6. The van der Waals surface area contributed by atoms with Crippen LogP contribution in [-0.4, -0.2) is 24.8 Å². The molecular formula is C15H14FN5O2. The largest absolute Gasteiger partial charge is 0.488 e. The van der Waals surface area contributed by atoms with Gasteiger partial charge >= 0.3 is 5.69 Å². The average Bonchev–Trinajstić information content (AvgIpc) is 2.87. The van der Waals surface area contributed by atoms with Crippen molar-refractivity contribution in [3.05, 3.63) is 64.1 Å². The van der Waals surface area contributed by atoms with E-state index in [4.69, 9.17) is 6.11 Å². The molecule has 8 heteroatoms. The zero-order chi connectivity index (χ0) is 17.3. The Balaban J connectivity index is 1.96. The van der Waals surface area contributed by atoms with E-state index in [2.05, 4.69) is 15.4 Å². The number of hydrogen-bond donors (Lipinski definition) is 0. The molecular weight excluding hydrogens is 301 g/mol. The minimum Gasteiger partial charge on any atom is -0.488 e. The quantitative estimate of drug-likeness (QED) is 0.727. The van der Waals surface area contributed by atoms with E-state index in [0.29, 0.717) is 11.8 Å². The number of benzene rings is 1. The third-order valence-corrected chi connectivity index (χ3v) is 3.32. The molecule has 0 spiro atoms. The molecule has 0 atom stereocenters. The molecule has 0 N–H and O–H groups in total. The topological polar surface area (TPSA) is 74.8 Å². The number of halogens is 1. The normalized spacial score (nSPS) is 11.3. The van der Waals surface area contributed by atoms with Gasteiger partial charge in [-0.2, -0.15) is 9.36 Å². The highest BCUT2D eigenvalue weighted by Gasteiger charge is 2.16. The summed E-state index contributed by atoms with van der Waals surface area (Å²) in [6.45, 7) is 1.68. The van der Waals surface area contributed by atoms with Crippen molar-refractivity contribution in [2.24, 2.45) is 7.05 Å². The monoisotopic (exact) mass is 317 g/mol. The lowest BCUT2D eigenvalue weighted by Crippen LogP contribution is -2.23. The van der Waals surface area contributed by atoms with Crippen molar-refractivity contribution in [2.75, 3.05) is 0 Å². The molecule has 2 heterocycles. The fourth-order valence-corrected chi connectivity index (χ4v) is 2.05. The standard InChI is InChI=1S/C15H14FN5O2/c1-10-5-3-4-6-14(10)23-9-11-12(16)7-17-8-13(11)21-15(22)20(2)18-19-21/h3-8H,9H2,1-2H3/i3T. The van der Waals surface area contributed by atoms with Gasteiger partial charge in [-0.15, -0.1) is 0 Å². The molecule has 0 bridgehead atoms. The predicted molar refractivity (Wildman–Crippen MR) is 79.9 cm³/mol. The molecule has 0 unspecified atom stereocenters. The zero-order valence-electron chi connectivity index (χ0n) is 13.5. The molecule has 0 aliphatic rings. The van der Waals surface area contributed by atoms with Crippen LogP contribution in [0.2, 0.25) is 0 Å². The summed E-state index contributed by atoms with van der Waals surface area (Å²) in [7, 11) is 1.44. The van der Waals surface area contributed by atoms with Gasteiger partial charge in [0.2, 0.25) is 0 Å². The molecule has 0 radical (unpaired) electrons. The van der Waals surface area contributed by atoms with Gasteiger partial charge in [0.15, 0.2) is 0 Å². The lowest BCUT2D eigenvalue weighted by molar-refractivity contribution is 0.296. The molecule has 0 amide bonds. The maximum atomic E-state index is 14.2. The first-order valence-electron chi connectivity index (χ1n) is 7.29. The predicted octanol–water partition coefficient (Wildman–Crippen LogP) is 1.39. The highest BCUT2D eigenvalue weighted by molar-refractivity contribution is 5.38. The van der Waals surface area contributed by atoms with E-state index in [-0.39, 0.29) is 17.9 Å². The summed E-state index contributed by atoms with van der Waals surface area (Å²) in [5, 5.41) is 7.31. The van der Waals surface area contributed by atoms with Crippen molar-refractivity contribution in [2.45, 2.75) is 13.5 Å². The van der Waals surface area contributed by atoms with Gasteiger partial charge < -0.3 is 4.74 Å². The fraction of sp³-hybridized carbons (Fsp3) is 0.200. The Morgan fingerprint density at radius 2 is 2.17 bits per heavy atom. The molecule has 3 rings (SSSR count). The summed E-state index contributed by atoms with van der Waals surface area (Å²) >= 11 is 0. The second-order valence-corrected chi connectivity index (χ2v) is 4.90. The molecule has 0 aliphatic heterocycles. The van der Waals surface area contributed by atoms with E-state index in [1.54, 1.807) is 25.1 Å². The van der Waals surface area contributed by atoms with Gasteiger partial charge in [0.25, 0.3) is 0 Å². The second-order valence-electron chi connectivity index (χ2n) is 4.90. The summed E-state index contributed by atoms with van der Waals surface area (Å²) in [6.07, 6.45) is 2.38. The molecule has 2 aromatic heterocycles. The molecule has 0 saturated heterocycles. The van der Waals surface area contributed by atoms with E-state index in [1.165, 1.54) is 13.2 Å². The zero-order valence-corrected chi connectivity index (χ0v) is 12.5. The van der Waals surface area contributed by atoms with Crippen LogP contribution in [0.1, 0.15) is 12.5 Å². The van der Waals surface area contributed by atoms with E-state index < -0.39 is 11.5 Å². The number of hydrogen-bond acceptors (Lipinski definition) is 5. The molecule has 3 aromatic rings. The lowest BCUT2D eigenvalue weighted by atomic mass is 10.2. The number of nitrogens with zero attached hydrogens (tertiary/aromatic N) is 5. The SMILES string of the molecule is [3H]c1ccc(OCc2c(F)cncc2-n2nnn(C)c2=O)c(C)c1. The Morgan fingerprint density at radius 3 is 2.87 bits per heavy atom. The van der Waals surface area contributed by atoms with Crippen LogP contribution in [0.3, 0.4) is 0 Å². The van der Waals surface area contributed by atoms with E-state index in [1.807, 2.05) is 0 Å². The molecule has 0 saturated carbocycles. The van der Waals surface area contributed by atoms with Crippen LogP contribution in [0.5, 0.6) is 5.75 Å². The highest BCUT2D eigenvalue weighted by atomic mass is 19.1. The Labute approximate surface area is 132 Å². The number of ether oxygens (including phenoxy) is 1. The summed E-state index contributed by atoms with van der Waals surface area (Å²) < 4.78 is 29.4. The molecule has 0 fully saturated rings. The van der Waals surface area contributed by atoms with Crippen LogP contribution >= 0.6 is 0 Å². The molecule has 118 valence electrons. The van der Waals surface area contributed by atoms with Crippen molar-refractivity contribution in [1.82, 2.24) is 24.8 Å². The first-order valence-corrected chi connectivity index (χ1v) is 6.79. The van der Waals surface area contributed by atoms with Crippen LogP contribution in [0.15, 0.2) is 41.4 Å². The van der Waals surface area contributed by atoms with Gasteiger partial charge in [-0.05, 0) is 29.0 Å². The van der Waals surface area contributed by atoms with Crippen molar-refractivity contribution in [3.8, 4) is 11.4 Å². The smallest absolute Gasteiger partial charge is 0.368 e. The van der Waals surface area contributed by atoms with Crippen molar-refractivity contribution >= 4 is 0 Å². The number of para-hydroxylation sites is 1. The van der Waals surface area contributed by atoms with Gasteiger partial charge in [-0.3, -0.25) is 4.98 Å². The van der Waals surface area contributed by atoms with Crippen molar-refractivity contribution < 1.29 is 10.5 Å². The Hall–Kier alpha value is -3.03. The average molecular weight is 317 g/mol. The Morgan fingerprint density at radius 1 is 1.35 bits per heavy atom. The second kappa shape index (κ2) is 5.99. The lowest BCUT2D eigenvalue weighted by Gasteiger charge is -2.12. The Kier molecular flexibility index (Phi) is 3.55. The first-order chi connectivity index (χ1) is 11.5. The highest BCUT2D eigenvalue weighted by Crippen LogP contribution is 2.21. The van der Waals surface area contributed by atoms with Gasteiger partial charge in [0, 0.05) is 7.05 Å². The van der Waals surface area contributed by atoms with E-state index in [0.717, 1.165) is 21.1 Å². The van der Waals surface area contributed by atoms with Gasteiger partial charge in [-0.1, -0.05) is 18.2 Å². The number of aromatic nitrogens is 5. The molecule has 23 heavy (non-hydrogen) atoms. The third-order valence-electron chi connectivity index (χ3n) is 3.32. The van der Waals surface area contributed by atoms with Crippen LogP contribution in [0.25, 0.3) is 5.69 Å². The number of rotatable bonds is 4. The van der Waals surface area contributed by atoms with E-state index >= 15 is 0 Å². The van der Waals surface area contributed by atoms with Crippen LogP contribution in [0.4, 0.5) is 4.39 Å². The molecule has 1 aromatic carbocycles. The van der Waals surface area contributed by atoms with Crippen LogP contribution in [-0.2, 0) is 13.7 Å². The minimum absolute atomic E-state index is 0.120. The van der Waals surface area contributed by atoms with E-state index in [9.17, 15) is 9.18 Å². The summed E-state index contributed by atoms with van der Waals surface area (Å²) in [5.74, 6) is -0.0838. The maximum Gasteiger partial charge on any atom is 0.368 e. The maximum absolute atomic E-state index is 14.2. The minimum atomic E-state index is -0.611. The van der Waals surface area contributed by atoms with Crippen molar-refractivity contribution in [3.63, 3.8) is 0 Å². The fourth-order valence-electron chi connectivity index (χ4n) is 2.05. The van der Waals surface area contributed by atoms with Crippen LogP contribution in [0, 0.1) is 12.7 Å². The third kappa shape index (κ3) is 2.83. The summed E-state index contributed by atoms with van der Waals surface area (Å²) in [6, 6.07) is 5.23. The Bertz CT molecular complexity index is 953. The van der Waals surface area contributed by atoms with Crippen molar-refractivity contribution in [1.29, 1.82) is 0 Å². The number of aryl methyl sites for hydroxylation is 2. The number of tetrazole rings is 1. The van der Waals surface area contributed by atoms with Gasteiger partial charge in [-0.25, -0.2) is 9.18 Å². The van der Waals surface area contributed by atoms with Gasteiger partial charge in [0.1, 0.15) is 18.2 Å². The summed E-state index contributed by atoms with van der Waals surface area (Å²) in [4.78, 5) is 15.8. The van der Waals surface area contributed by atoms with Crippen LogP contribution < -0.4 is 10.4 Å². The molecule has 0 aliphatic carbocycles. The summed E-state index contributed by atoms with van der Waals surface area (Å²) in [5.41, 5.74) is 0.554.